The van der Waals surface area contributed by atoms with E-state index in [2.05, 4.69) is 39.0 Å². The molecule has 0 heterocycles. The minimum absolute atomic E-state index is 0.437. The summed E-state index contributed by atoms with van der Waals surface area (Å²) in [4.78, 5) is 0. The van der Waals surface area contributed by atoms with Gasteiger partial charge in [-0.15, -0.1) is 0 Å². The molecule has 0 radical (unpaired) electrons. The predicted molar refractivity (Wildman–Crippen MR) is 79.8 cm³/mol. The second kappa shape index (κ2) is 6.53. The Morgan fingerprint density at radius 3 is 2.42 bits per heavy atom. The van der Waals surface area contributed by atoms with E-state index in [9.17, 15) is 0 Å². The summed E-state index contributed by atoms with van der Waals surface area (Å²) >= 11 is 0. The van der Waals surface area contributed by atoms with Crippen LogP contribution >= 0.6 is 0 Å². The van der Waals surface area contributed by atoms with Gasteiger partial charge in [0.25, 0.3) is 0 Å². The first-order valence-corrected chi connectivity index (χ1v) is 7.48. The molecule has 2 N–H and O–H groups in total. The van der Waals surface area contributed by atoms with E-state index in [4.69, 9.17) is 10.5 Å². The molecule has 1 saturated carbocycles. The maximum atomic E-state index is 6.13. The van der Waals surface area contributed by atoms with Gasteiger partial charge >= 0.3 is 0 Å². The number of aryl methyl sites for hydroxylation is 1. The summed E-state index contributed by atoms with van der Waals surface area (Å²) in [5, 5.41) is 0. The van der Waals surface area contributed by atoms with Crippen molar-refractivity contribution in [1.29, 1.82) is 0 Å². The van der Waals surface area contributed by atoms with Crippen LogP contribution in [0.15, 0.2) is 18.2 Å². The fourth-order valence-corrected chi connectivity index (χ4v) is 3.26. The van der Waals surface area contributed by atoms with Gasteiger partial charge in [0.2, 0.25) is 0 Å². The molecule has 1 fully saturated rings. The lowest BCUT2D eigenvalue weighted by Gasteiger charge is -2.31. The zero-order valence-electron chi connectivity index (χ0n) is 12.5. The zero-order valence-corrected chi connectivity index (χ0v) is 12.5. The van der Waals surface area contributed by atoms with Crippen LogP contribution in [0.25, 0.3) is 0 Å². The summed E-state index contributed by atoms with van der Waals surface area (Å²) in [7, 11) is 0. The number of ether oxygens (including phenoxy) is 1. The molecular formula is C17H27NO. The summed E-state index contributed by atoms with van der Waals surface area (Å²) in [6.07, 6.45) is 4.21. The fourth-order valence-electron chi connectivity index (χ4n) is 3.26. The van der Waals surface area contributed by atoms with Crippen molar-refractivity contribution < 1.29 is 4.74 Å². The Morgan fingerprint density at radius 2 is 1.84 bits per heavy atom. The van der Waals surface area contributed by atoms with Crippen LogP contribution in [0.5, 0.6) is 0 Å². The van der Waals surface area contributed by atoms with Gasteiger partial charge in [0.15, 0.2) is 0 Å². The van der Waals surface area contributed by atoms with Crippen LogP contribution in [0.1, 0.15) is 49.8 Å². The number of benzene rings is 1. The van der Waals surface area contributed by atoms with Crippen molar-refractivity contribution in [2.75, 3.05) is 0 Å². The van der Waals surface area contributed by atoms with E-state index in [1.165, 1.54) is 36.0 Å². The third kappa shape index (κ3) is 4.05. The Kier molecular flexibility index (Phi) is 5.00. The van der Waals surface area contributed by atoms with E-state index >= 15 is 0 Å². The molecule has 106 valence electrons. The minimum Gasteiger partial charge on any atom is -0.374 e. The number of rotatable bonds is 4. The largest absolute Gasteiger partial charge is 0.374 e. The molecule has 1 aliphatic carbocycles. The third-order valence-electron chi connectivity index (χ3n) is 4.25. The summed E-state index contributed by atoms with van der Waals surface area (Å²) < 4.78 is 6.13. The van der Waals surface area contributed by atoms with Crippen LogP contribution < -0.4 is 5.73 Å². The van der Waals surface area contributed by atoms with E-state index in [1.807, 2.05) is 0 Å². The number of hydrogen-bond donors (Lipinski definition) is 1. The topological polar surface area (TPSA) is 35.2 Å². The van der Waals surface area contributed by atoms with Gasteiger partial charge in [0, 0.05) is 6.54 Å². The molecule has 0 amide bonds. The van der Waals surface area contributed by atoms with Crippen molar-refractivity contribution >= 4 is 0 Å². The van der Waals surface area contributed by atoms with Crippen LogP contribution in [0, 0.1) is 18.8 Å². The van der Waals surface area contributed by atoms with Crippen LogP contribution in [0.4, 0.5) is 0 Å². The molecule has 0 spiro atoms. The first-order chi connectivity index (χ1) is 9.08. The fraction of sp³-hybridized carbons (Fsp3) is 0.647. The van der Waals surface area contributed by atoms with Gasteiger partial charge in [0.05, 0.1) is 12.7 Å². The molecule has 0 aromatic heterocycles. The number of nitrogens with two attached hydrogens (primary N) is 1. The van der Waals surface area contributed by atoms with Crippen molar-refractivity contribution in [2.24, 2.45) is 17.6 Å². The SMILES string of the molecule is Cc1cc(CN)ccc1COC1CC(C)CC(C)C1. The van der Waals surface area contributed by atoms with Gasteiger partial charge in [0.1, 0.15) is 0 Å². The Morgan fingerprint density at radius 1 is 1.16 bits per heavy atom. The molecule has 19 heavy (non-hydrogen) atoms. The van der Waals surface area contributed by atoms with Crippen molar-refractivity contribution in [3.63, 3.8) is 0 Å². The normalized spacial score (nSPS) is 27.5. The van der Waals surface area contributed by atoms with Gasteiger partial charge in [-0.1, -0.05) is 32.0 Å². The second-order valence-corrected chi connectivity index (χ2v) is 6.32. The highest BCUT2D eigenvalue weighted by Gasteiger charge is 2.24. The van der Waals surface area contributed by atoms with E-state index in [1.54, 1.807) is 0 Å². The third-order valence-corrected chi connectivity index (χ3v) is 4.25. The maximum absolute atomic E-state index is 6.13. The van der Waals surface area contributed by atoms with Crippen molar-refractivity contribution in [2.45, 2.75) is 59.3 Å². The molecular weight excluding hydrogens is 234 g/mol. The number of hydrogen-bond acceptors (Lipinski definition) is 2. The summed E-state index contributed by atoms with van der Waals surface area (Å²) in [5.74, 6) is 1.60. The smallest absolute Gasteiger partial charge is 0.0723 e. The van der Waals surface area contributed by atoms with Gasteiger partial charge in [-0.05, 0) is 54.7 Å². The van der Waals surface area contributed by atoms with E-state index < -0.39 is 0 Å². The molecule has 2 atom stereocenters. The lowest BCUT2D eigenvalue weighted by atomic mass is 9.82. The Balaban J connectivity index is 1.91. The van der Waals surface area contributed by atoms with Crippen molar-refractivity contribution in [1.82, 2.24) is 0 Å². The highest BCUT2D eigenvalue weighted by Crippen LogP contribution is 2.30. The molecule has 2 heteroatoms. The van der Waals surface area contributed by atoms with Crippen molar-refractivity contribution in [3.8, 4) is 0 Å². The lowest BCUT2D eigenvalue weighted by Crippen LogP contribution is -2.26. The van der Waals surface area contributed by atoms with Crippen LogP contribution in [-0.2, 0) is 17.9 Å². The monoisotopic (exact) mass is 261 g/mol. The Bertz CT molecular complexity index is 406. The molecule has 0 bridgehead atoms. The van der Waals surface area contributed by atoms with Gasteiger partial charge in [-0.2, -0.15) is 0 Å². The quantitative estimate of drug-likeness (QED) is 0.895. The zero-order chi connectivity index (χ0) is 13.8. The molecule has 1 aromatic carbocycles. The van der Waals surface area contributed by atoms with Crippen LogP contribution in [0.2, 0.25) is 0 Å². The Hall–Kier alpha value is -0.860. The average Bonchev–Trinajstić information content (AvgIpc) is 2.36. The summed E-state index contributed by atoms with van der Waals surface area (Å²) in [5.41, 5.74) is 9.44. The summed E-state index contributed by atoms with van der Waals surface area (Å²) in [6.45, 7) is 8.17. The van der Waals surface area contributed by atoms with E-state index in [0.717, 1.165) is 18.4 Å². The predicted octanol–water partition coefficient (Wildman–Crippen LogP) is 3.80. The van der Waals surface area contributed by atoms with Gasteiger partial charge in [-0.3, -0.25) is 0 Å². The molecule has 1 aliphatic rings. The van der Waals surface area contributed by atoms with Crippen molar-refractivity contribution in [3.05, 3.63) is 34.9 Å². The average molecular weight is 261 g/mol. The lowest BCUT2D eigenvalue weighted by molar-refractivity contribution is -0.00933. The van der Waals surface area contributed by atoms with Gasteiger partial charge in [-0.25, -0.2) is 0 Å². The summed E-state index contributed by atoms with van der Waals surface area (Å²) in [6, 6.07) is 6.44. The van der Waals surface area contributed by atoms with Crippen LogP contribution in [-0.4, -0.2) is 6.10 Å². The van der Waals surface area contributed by atoms with Crippen LogP contribution in [0.3, 0.4) is 0 Å². The van der Waals surface area contributed by atoms with E-state index in [0.29, 0.717) is 12.6 Å². The molecule has 0 saturated heterocycles. The standard InChI is InChI=1S/C17H27NO/c1-12-6-13(2)8-17(7-12)19-11-16-5-4-15(10-18)9-14(16)3/h4-5,9,12-13,17H,6-8,10-11,18H2,1-3H3. The minimum atomic E-state index is 0.437. The van der Waals surface area contributed by atoms with E-state index in [-0.39, 0.29) is 0 Å². The maximum Gasteiger partial charge on any atom is 0.0723 e. The molecule has 0 aliphatic heterocycles. The molecule has 2 unspecified atom stereocenters. The van der Waals surface area contributed by atoms with Gasteiger partial charge < -0.3 is 10.5 Å². The molecule has 1 aromatic rings. The highest BCUT2D eigenvalue weighted by molar-refractivity contribution is 5.30. The first-order valence-electron chi connectivity index (χ1n) is 7.48. The molecule has 2 nitrogen and oxygen atoms in total. The highest BCUT2D eigenvalue weighted by atomic mass is 16.5. The first kappa shape index (κ1) is 14.5. The Labute approximate surface area is 117 Å². The molecule has 2 rings (SSSR count). The second-order valence-electron chi connectivity index (χ2n) is 6.32.